The molecule has 0 aromatic carbocycles. The zero-order valence-electron chi connectivity index (χ0n) is 20.3. The maximum absolute atomic E-state index is 12.0. The molecule has 0 aromatic rings. The quantitative estimate of drug-likeness (QED) is 0.422. The fourth-order valence-corrected chi connectivity index (χ4v) is 8.88. The molecule has 32 heavy (non-hydrogen) atoms. The van der Waals surface area contributed by atoms with E-state index < -0.39 is 6.10 Å². The number of carbonyl (C=O) groups is 1. The zero-order valence-corrected chi connectivity index (χ0v) is 20.3. The Labute approximate surface area is 193 Å². The Hall–Kier alpha value is -0.690. The van der Waals surface area contributed by atoms with E-state index in [1.54, 1.807) is 0 Å². The molecule has 0 aliphatic heterocycles. The van der Waals surface area contributed by atoms with E-state index in [0.29, 0.717) is 36.0 Å². The van der Waals surface area contributed by atoms with Gasteiger partial charge in [0.25, 0.3) is 0 Å². The number of carbonyl (C=O) groups excluding carboxylic acids is 1. The van der Waals surface area contributed by atoms with Gasteiger partial charge in [0.1, 0.15) is 0 Å². The van der Waals surface area contributed by atoms with Crippen molar-refractivity contribution in [2.75, 3.05) is 13.9 Å². The van der Waals surface area contributed by atoms with Crippen LogP contribution in [0.3, 0.4) is 0 Å². The number of hydrogen-bond donors (Lipinski definition) is 3. The van der Waals surface area contributed by atoms with Gasteiger partial charge >= 0.3 is 5.97 Å². The van der Waals surface area contributed by atoms with E-state index in [1.165, 1.54) is 7.11 Å². The lowest BCUT2D eigenvalue weighted by atomic mass is 9.43. The lowest BCUT2D eigenvalue weighted by molar-refractivity contribution is -0.207. The van der Waals surface area contributed by atoms with Crippen LogP contribution in [0.5, 0.6) is 0 Å². The van der Waals surface area contributed by atoms with Gasteiger partial charge in [-0.15, -0.1) is 0 Å². The van der Waals surface area contributed by atoms with Crippen LogP contribution in [0.25, 0.3) is 0 Å². The van der Waals surface area contributed by atoms with Crippen LogP contribution in [-0.2, 0) is 14.3 Å². The van der Waals surface area contributed by atoms with E-state index in [4.69, 9.17) is 9.47 Å². The number of aliphatic hydroxyl groups is 3. The molecule has 4 saturated carbocycles. The van der Waals surface area contributed by atoms with Crippen molar-refractivity contribution in [1.29, 1.82) is 0 Å². The number of fused-ring (bicyclic) bond motifs is 5. The molecule has 6 heteroatoms. The molecule has 1 unspecified atom stereocenters. The van der Waals surface area contributed by atoms with Crippen molar-refractivity contribution < 1.29 is 29.6 Å². The van der Waals surface area contributed by atoms with E-state index in [9.17, 15) is 20.1 Å². The molecule has 0 amide bonds. The average Bonchev–Trinajstić information content (AvgIpc) is 3.11. The molecule has 11 atom stereocenters. The molecule has 0 saturated heterocycles. The predicted octanol–water partition coefficient (Wildman–Crippen LogP) is 3.51. The number of rotatable bonds is 6. The highest BCUT2D eigenvalue weighted by Gasteiger charge is 2.65. The summed E-state index contributed by atoms with van der Waals surface area (Å²) in [7, 11) is 1.50. The fourth-order valence-electron chi connectivity index (χ4n) is 8.88. The van der Waals surface area contributed by atoms with Crippen LogP contribution in [0.1, 0.15) is 78.6 Å². The highest BCUT2D eigenvalue weighted by Crippen LogP contribution is 2.68. The smallest absolute Gasteiger partial charge is 0.307 e. The van der Waals surface area contributed by atoms with Crippen LogP contribution in [0.15, 0.2) is 0 Å². The largest absolute Gasteiger partial charge is 0.438 e. The Bertz CT molecular complexity index is 683. The van der Waals surface area contributed by atoms with Crippen molar-refractivity contribution in [3.05, 3.63) is 0 Å². The van der Waals surface area contributed by atoms with Gasteiger partial charge in [-0.3, -0.25) is 4.79 Å². The molecule has 4 rings (SSSR count). The van der Waals surface area contributed by atoms with Crippen LogP contribution in [0.2, 0.25) is 0 Å². The third-order valence-electron chi connectivity index (χ3n) is 10.7. The Morgan fingerprint density at radius 2 is 1.81 bits per heavy atom. The molecule has 0 radical (unpaired) electrons. The molecule has 184 valence electrons. The van der Waals surface area contributed by atoms with Crippen molar-refractivity contribution in [2.24, 2.45) is 46.3 Å². The molecule has 0 bridgehead atoms. The van der Waals surface area contributed by atoms with Crippen molar-refractivity contribution in [2.45, 2.75) is 96.9 Å². The Morgan fingerprint density at radius 3 is 2.53 bits per heavy atom. The number of ether oxygens (including phenoxy) is 2. The number of hydrogen-bond acceptors (Lipinski definition) is 6. The molecule has 4 aliphatic carbocycles. The van der Waals surface area contributed by atoms with Gasteiger partial charge in [0.2, 0.25) is 0 Å². The fraction of sp³-hybridized carbons (Fsp3) is 0.962. The number of aliphatic hydroxyl groups excluding tert-OH is 3. The second-order valence-corrected chi connectivity index (χ2v) is 12.0. The topological polar surface area (TPSA) is 96.2 Å². The summed E-state index contributed by atoms with van der Waals surface area (Å²) in [5, 5.41) is 33.2. The van der Waals surface area contributed by atoms with E-state index in [1.807, 2.05) is 0 Å². The summed E-state index contributed by atoms with van der Waals surface area (Å²) in [4.78, 5) is 12.0. The minimum absolute atomic E-state index is 0.00705. The van der Waals surface area contributed by atoms with Crippen LogP contribution >= 0.6 is 0 Å². The maximum atomic E-state index is 12.0. The molecule has 0 heterocycles. The molecule has 0 aromatic heterocycles. The van der Waals surface area contributed by atoms with Crippen molar-refractivity contribution in [1.82, 2.24) is 0 Å². The van der Waals surface area contributed by atoms with E-state index in [-0.39, 0.29) is 41.7 Å². The van der Waals surface area contributed by atoms with Crippen LogP contribution in [0.4, 0.5) is 0 Å². The molecule has 0 spiro atoms. The monoisotopic (exact) mass is 452 g/mol. The summed E-state index contributed by atoms with van der Waals surface area (Å²) in [5.74, 6) is 1.60. The number of methoxy groups -OCH3 is 1. The number of esters is 1. The molecule has 3 N–H and O–H groups in total. The zero-order chi connectivity index (χ0) is 23.3. The molecule has 4 fully saturated rings. The van der Waals surface area contributed by atoms with Crippen molar-refractivity contribution in [3.63, 3.8) is 0 Å². The standard InChI is InChI=1S/C26H44O6/c1-15(5-8-23(30)32-14-31-4)18-6-7-19-24-20(13-22(29)26(18,19)3)25(2)10-9-17(27)11-16(25)12-21(24)28/h15-22,24,27-29H,5-14H2,1-4H3/t15-,16+,17-,18-,19?,20+,21-,22+,24+,25+,26-/m1/s1. The van der Waals surface area contributed by atoms with E-state index >= 15 is 0 Å². The van der Waals surface area contributed by atoms with Crippen LogP contribution in [0, 0.1) is 46.3 Å². The first-order valence-electron chi connectivity index (χ1n) is 12.8. The lowest BCUT2D eigenvalue weighted by Crippen LogP contribution is -2.62. The van der Waals surface area contributed by atoms with Gasteiger partial charge < -0.3 is 24.8 Å². The molecular weight excluding hydrogens is 408 g/mol. The van der Waals surface area contributed by atoms with Gasteiger partial charge in [-0.1, -0.05) is 20.8 Å². The van der Waals surface area contributed by atoms with Gasteiger partial charge in [0.05, 0.1) is 18.3 Å². The first-order valence-corrected chi connectivity index (χ1v) is 12.8. The minimum atomic E-state index is -0.390. The summed E-state index contributed by atoms with van der Waals surface area (Å²) in [6.45, 7) is 6.82. The van der Waals surface area contributed by atoms with Gasteiger partial charge in [-0.25, -0.2) is 0 Å². The summed E-state index contributed by atoms with van der Waals surface area (Å²) >= 11 is 0. The second kappa shape index (κ2) is 9.16. The van der Waals surface area contributed by atoms with Gasteiger partial charge in [-0.05, 0) is 97.7 Å². The van der Waals surface area contributed by atoms with Crippen molar-refractivity contribution >= 4 is 5.97 Å². The highest BCUT2D eigenvalue weighted by molar-refractivity contribution is 5.69. The maximum Gasteiger partial charge on any atom is 0.307 e. The molecular formula is C26H44O6. The third kappa shape index (κ3) is 3.93. The second-order valence-electron chi connectivity index (χ2n) is 12.0. The van der Waals surface area contributed by atoms with E-state index in [2.05, 4.69) is 20.8 Å². The Balaban J connectivity index is 1.51. The van der Waals surface area contributed by atoms with Gasteiger partial charge in [0, 0.05) is 13.5 Å². The first kappa shape index (κ1) is 24.4. The summed E-state index contributed by atoms with van der Waals surface area (Å²) < 4.78 is 9.87. The Morgan fingerprint density at radius 1 is 1.06 bits per heavy atom. The normalized spacial score (nSPS) is 49.0. The van der Waals surface area contributed by atoms with E-state index in [0.717, 1.165) is 51.4 Å². The molecule has 4 aliphatic rings. The van der Waals surface area contributed by atoms with Gasteiger partial charge in [-0.2, -0.15) is 0 Å². The predicted molar refractivity (Wildman–Crippen MR) is 120 cm³/mol. The third-order valence-corrected chi connectivity index (χ3v) is 10.7. The lowest BCUT2D eigenvalue weighted by Gasteiger charge is -2.63. The molecule has 6 nitrogen and oxygen atoms in total. The summed E-state index contributed by atoms with van der Waals surface area (Å²) in [6, 6.07) is 0. The van der Waals surface area contributed by atoms with Crippen LogP contribution < -0.4 is 0 Å². The summed E-state index contributed by atoms with van der Waals surface area (Å²) in [5.41, 5.74) is -0.129. The Kier molecular flexibility index (Phi) is 7.00. The van der Waals surface area contributed by atoms with Gasteiger partial charge in [0.15, 0.2) is 6.79 Å². The minimum Gasteiger partial charge on any atom is -0.438 e. The first-order chi connectivity index (χ1) is 15.1. The summed E-state index contributed by atoms with van der Waals surface area (Å²) in [6.07, 6.45) is 6.35. The SMILES string of the molecule is COCOC(=O)CC[C@@H](C)[C@H]1CCC2[C@@H]3[C@H](O)C[C@@H]4C[C@H](O)CC[C@]4(C)[C@H]3C[C@H](O)[C@@]21C. The van der Waals surface area contributed by atoms with Crippen molar-refractivity contribution in [3.8, 4) is 0 Å². The van der Waals surface area contributed by atoms with Crippen LogP contribution in [-0.4, -0.2) is 53.5 Å². The highest BCUT2D eigenvalue weighted by atomic mass is 16.7. The average molecular weight is 453 g/mol.